The molecule has 29 heavy (non-hydrogen) atoms. The predicted octanol–water partition coefficient (Wildman–Crippen LogP) is 4.01. The summed E-state index contributed by atoms with van der Waals surface area (Å²) < 4.78 is 15.9. The number of carbonyl (C=O) groups is 1. The predicted molar refractivity (Wildman–Crippen MR) is 111 cm³/mol. The fraction of sp³-hybridized carbons (Fsp3) is 0.364. The smallest absolute Gasteiger partial charge is 0.407 e. The van der Waals surface area contributed by atoms with E-state index in [0.717, 1.165) is 29.7 Å². The Morgan fingerprint density at radius 3 is 2.69 bits per heavy atom. The van der Waals surface area contributed by atoms with Gasteiger partial charge in [-0.05, 0) is 50.6 Å². The van der Waals surface area contributed by atoms with Gasteiger partial charge in [-0.2, -0.15) is 0 Å². The van der Waals surface area contributed by atoms with Crippen LogP contribution in [0.25, 0.3) is 11.0 Å². The number of aryl methyl sites for hydroxylation is 1. The van der Waals surface area contributed by atoms with Gasteiger partial charge in [0.15, 0.2) is 0 Å². The van der Waals surface area contributed by atoms with Crippen LogP contribution in [-0.2, 0) is 17.7 Å². The molecule has 0 aliphatic rings. The number of rotatable bonds is 8. The summed E-state index contributed by atoms with van der Waals surface area (Å²) in [5.74, 6) is 0.636. The van der Waals surface area contributed by atoms with Gasteiger partial charge in [0.2, 0.25) is 0 Å². The van der Waals surface area contributed by atoms with Gasteiger partial charge in [-0.15, -0.1) is 0 Å². The molecule has 154 valence electrons. The first-order chi connectivity index (χ1) is 14.0. The van der Waals surface area contributed by atoms with Crippen LogP contribution in [0.3, 0.4) is 0 Å². The van der Waals surface area contributed by atoms with E-state index in [-0.39, 0.29) is 19.6 Å². The molecule has 1 amide bonds. The maximum absolute atomic E-state index is 12.5. The summed E-state index contributed by atoms with van der Waals surface area (Å²) in [7, 11) is 0. The number of furan rings is 1. The second kappa shape index (κ2) is 9.32. The van der Waals surface area contributed by atoms with Crippen molar-refractivity contribution in [3.05, 3.63) is 63.9 Å². The lowest BCUT2D eigenvalue weighted by Crippen LogP contribution is -2.25. The van der Waals surface area contributed by atoms with E-state index < -0.39 is 11.7 Å². The van der Waals surface area contributed by atoms with Gasteiger partial charge >= 0.3 is 11.7 Å². The average Bonchev–Trinajstić information content (AvgIpc) is 3.23. The summed E-state index contributed by atoms with van der Waals surface area (Å²) >= 11 is 0. The van der Waals surface area contributed by atoms with E-state index in [4.69, 9.17) is 13.6 Å². The van der Waals surface area contributed by atoms with Crippen molar-refractivity contribution in [2.24, 2.45) is 0 Å². The van der Waals surface area contributed by atoms with Crippen LogP contribution >= 0.6 is 0 Å². The van der Waals surface area contributed by atoms with Crippen LogP contribution in [0, 0.1) is 6.92 Å². The molecule has 0 fully saturated rings. The Balaban J connectivity index is 1.67. The molecule has 1 N–H and O–H groups in total. The largest absolute Gasteiger partial charge is 0.467 e. The molecule has 0 aliphatic carbocycles. The molecule has 0 saturated heterocycles. The SMILES string of the molecule is CCN(CC)c1ccc2c(C)c(CCOC(=O)NCc3ccco3)c(=O)oc2c1. The van der Waals surface area contributed by atoms with Gasteiger partial charge in [-0.1, -0.05) is 0 Å². The third kappa shape index (κ3) is 4.80. The molecule has 0 radical (unpaired) electrons. The van der Waals surface area contributed by atoms with E-state index >= 15 is 0 Å². The van der Waals surface area contributed by atoms with Crippen molar-refractivity contribution < 1.29 is 18.4 Å². The lowest BCUT2D eigenvalue weighted by Gasteiger charge is -2.21. The second-order valence-electron chi connectivity index (χ2n) is 6.66. The van der Waals surface area contributed by atoms with Crippen LogP contribution < -0.4 is 15.8 Å². The summed E-state index contributed by atoms with van der Waals surface area (Å²) in [4.78, 5) is 26.5. The Morgan fingerprint density at radius 1 is 1.21 bits per heavy atom. The van der Waals surface area contributed by atoms with E-state index in [9.17, 15) is 9.59 Å². The van der Waals surface area contributed by atoms with Crippen molar-refractivity contribution in [2.75, 3.05) is 24.6 Å². The van der Waals surface area contributed by atoms with Crippen LogP contribution in [0.4, 0.5) is 10.5 Å². The normalized spacial score (nSPS) is 10.9. The van der Waals surface area contributed by atoms with Crippen molar-refractivity contribution in [3.8, 4) is 0 Å². The number of hydrogen-bond acceptors (Lipinski definition) is 6. The topological polar surface area (TPSA) is 84.9 Å². The minimum absolute atomic E-state index is 0.0820. The molecular weight excluding hydrogens is 372 g/mol. The van der Waals surface area contributed by atoms with Gasteiger partial charge in [0, 0.05) is 42.2 Å². The molecular formula is C22H26N2O5. The zero-order valence-electron chi connectivity index (χ0n) is 17.0. The molecule has 2 aromatic heterocycles. The molecule has 0 aliphatic heterocycles. The number of alkyl carbamates (subject to hydrolysis) is 1. The van der Waals surface area contributed by atoms with E-state index in [1.165, 1.54) is 6.26 Å². The number of nitrogens with one attached hydrogen (secondary N) is 1. The summed E-state index contributed by atoms with van der Waals surface area (Å²) in [6.45, 7) is 8.15. The number of hydrogen-bond donors (Lipinski definition) is 1. The number of fused-ring (bicyclic) bond motifs is 1. The van der Waals surface area contributed by atoms with Gasteiger partial charge in [0.1, 0.15) is 11.3 Å². The van der Waals surface area contributed by atoms with Crippen molar-refractivity contribution in [2.45, 2.75) is 33.7 Å². The Bertz CT molecular complexity index is 1020. The van der Waals surface area contributed by atoms with Crippen molar-refractivity contribution in [1.29, 1.82) is 0 Å². The number of anilines is 1. The van der Waals surface area contributed by atoms with Crippen LogP contribution in [-0.4, -0.2) is 25.8 Å². The standard InChI is InChI=1S/C22H26N2O5/c1-4-24(5-2)16-8-9-18-15(3)19(21(25)29-20(18)13-16)10-12-28-22(26)23-14-17-7-6-11-27-17/h6-9,11,13H,4-5,10,12,14H2,1-3H3,(H,23,26). The van der Waals surface area contributed by atoms with Gasteiger partial charge < -0.3 is 23.8 Å². The highest BCUT2D eigenvalue weighted by atomic mass is 16.5. The molecule has 0 spiro atoms. The van der Waals surface area contributed by atoms with Crippen LogP contribution in [0.15, 0.2) is 50.2 Å². The third-order valence-corrected chi connectivity index (χ3v) is 4.97. The number of amides is 1. The van der Waals surface area contributed by atoms with Gasteiger partial charge in [0.25, 0.3) is 0 Å². The van der Waals surface area contributed by atoms with E-state index in [2.05, 4.69) is 24.1 Å². The second-order valence-corrected chi connectivity index (χ2v) is 6.66. The van der Waals surface area contributed by atoms with Crippen molar-refractivity contribution in [3.63, 3.8) is 0 Å². The molecule has 0 bridgehead atoms. The minimum Gasteiger partial charge on any atom is -0.467 e. The summed E-state index contributed by atoms with van der Waals surface area (Å²) in [5, 5.41) is 3.48. The molecule has 7 heteroatoms. The highest BCUT2D eigenvalue weighted by Crippen LogP contribution is 2.25. The maximum atomic E-state index is 12.5. The maximum Gasteiger partial charge on any atom is 0.407 e. The van der Waals surface area contributed by atoms with Crippen molar-refractivity contribution in [1.82, 2.24) is 5.32 Å². The molecule has 2 heterocycles. The van der Waals surface area contributed by atoms with Gasteiger partial charge in [-0.25, -0.2) is 9.59 Å². The van der Waals surface area contributed by atoms with Gasteiger partial charge in [-0.3, -0.25) is 0 Å². The molecule has 3 rings (SSSR count). The number of ether oxygens (including phenoxy) is 1. The summed E-state index contributed by atoms with van der Waals surface area (Å²) in [6.07, 6.45) is 1.26. The quantitative estimate of drug-likeness (QED) is 0.577. The Hall–Kier alpha value is -3.22. The molecule has 3 aromatic rings. The Kier molecular flexibility index (Phi) is 6.59. The Morgan fingerprint density at radius 2 is 2.00 bits per heavy atom. The van der Waals surface area contributed by atoms with Crippen LogP contribution in [0.1, 0.15) is 30.7 Å². The number of carbonyl (C=O) groups excluding carboxylic acids is 1. The fourth-order valence-electron chi connectivity index (χ4n) is 3.33. The highest BCUT2D eigenvalue weighted by molar-refractivity contribution is 5.84. The third-order valence-electron chi connectivity index (χ3n) is 4.97. The minimum atomic E-state index is -0.562. The van der Waals surface area contributed by atoms with Gasteiger partial charge in [0.05, 0.1) is 19.4 Å². The van der Waals surface area contributed by atoms with E-state index in [1.807, 2.05) is 25.1 Å². The monoisotopic (exact) mass is 398 g/mol. The fourth-order valence-corrected chi connectivity index (χ4v) is 3.33. The number of benzene rings is 1. The molecule has 0 unspecified atom stereocenters. The zero-order chi connectivity index (χ0) is 20.8. The lowest BCUT2D eigenvalue weighted by atomic mass is 10.0. The summed E-state index contributed by atoms with van der Waals surface area (Å²) in [6, 6.07) is 9.41. The first-order valence-electron chi connectivity index (χ1n) is 9.77. The van der Waals surface area contributed by atoms with Crippen LogP contribution in [0.2, 0.25) is 0 Å². The van der Waals surface area contributed by atoms with E-state index in [0.29, 0.717) is 16.9 Å². The number of nitrogens with zero attached hydrogens (tertiary/aromatic N) is 1. The average molecular weight is 398 g/mol. The summed E-state index contributed by atoms with van der Waals surface area (Å²) in [5.41, 5.74) is 2.56. The molecule has 1 aromatic carbocycles. The van der Waals surface area contributed by atoms with Crippen LogP contribution in [0.5, 0.6) is 0 Å². The molecule has 7 nitrogen and oxygen atoms in total. The first-order valence-corrected chi connectivity index (χ1v) is 9.77. The first kappa shape index (κ1) is 20.5. The highest BCUT2D eigenvalue weighted by Gasteiger charge is 2.14. The lowest BCUT2D eigenvalue weighted by molar-refractivity contribution is 0.146. The van der Waals surface area contributed by atoms with E-state index in [1.54, 1.807) is 12.1 Å². The molecule has 0 atom stereocenters. The zero-order valence-corrected chi connectivity index (χ0v) is 17.0. The molecule has 0 saturated carbocycles. The van der Waals surface area contributed by atoms with Crippen molar-refractivity contribution >= 4 is 22.7 Å². The Labute approximate surface area is 169 Å².